The van der Waals surface area contributed by atoms with Gasteiger partial charge in [0, 0.05) is 12.1 Å². The Kier molecular flexibility index (Phi) is 11.6. The van der Waals surface area contributed by atoms with Crippen LogP contribution in [0.5, 0.6) is 0 Å². The quantitative estimate of drug-likeness (QED) is 0.219. The Morgan fingerprint density at radius 2 is 1.97 bits per heavy atom. The first-order valence-electron chi connectivity index (χ1n) is 10.7. The van der Waals surface area contributed by atoms with Crippen LogP contribution in [0.25, 0.3) is 0 Å². The topological polar surface area (TPSA) is 78.9 Å². The highest BCUT2D eigenvalue weighted by atomic mass is 127. The Morgan fingerprint density at radius 3 is 2.57 bits per heavy atom. The minimum Gasteiger partial charge on any atom is -0.462 e. The van der Waals surface area contributed by atoms with Crippen LogP contribution in [0.3, 0.4) is 0 Å². The number of piperidine rings is 1. The fourth-order valence-corrected chi connectivity index (χ4v) is 4.41. The van der Waals surface area contributed by atoms with Crippen LogP contribution in [-0.2, 0) is 4.74 Å². The summed E-state index contributed by atoms with van der Waals surface area (Å²) in [7, 11) is 0. The number of aliphatic imine (C=N–C) groups is 1. The molecule has 9 heteroatoms. The van der Waals surface area contributed by atoms with Crippen LogP contribution in [0, 0.1) is 6.92 Å². The fraction of sp³-hybridized carbons (Fsp3) is 0.762. The maximum atomic E-state index is 12.1. The molecular weight excluding hydrogens is 513 g/mol. The highest BCUT2D eigenvalue weighted by molar-refractivity contribution is 14.0. The second kappa shape index (κ2) is 12.8. The third-order valence-corrected chi connectivity index (χ3v) is 6.50. The van der Waals surface area contributed by atoms with E-state index in [9.17, 15) is 4.79 Å². The molecule has 7 nitrogen and oxygen atoms in total. The first-order chi connectivity index (χ1) is 13.8. The van der Waals surface area contributed by atoms with Gasteiger partial charge in [0.05, 0.1) is 24.9 Å². The van der Waals surface area contributed by atoms with Crippen molar-refractivity contribution in [3.63, 3.8) is 0 Å². The standard InChI is InChI=1S/C21H37N5O2S.HI/c1-7-22-20(23-14-21(5,6)26-12-10-9-11-13-26)25-16(4)18-24-15(3)17(29-18)19(27)28-8-2;/h16H,7-14H2,1-6H3,(H2,22,23,25);1H. The lowest BCUT2D eigenvalue weighted by atomic mass is 9.99. The lowest BCUT2D eigenvalue weighted by Crippen LogP contribution is -2.49. The molecule has 0 bridgehead atoms. The van der Waals surface area contributed by atoms with E-state index in [-0.39, 0.29) is 41.5 Å². The molecule has 2 rings (SSSR count). The molecule has 0 amide bonds. The third-order valence-electron chi connectivity index (χ3n) is 5.18. The van der Waals surface area contributed by atoms with E-state index in [0.29, 0.717) is 17.2 Å². The highest BCUT2D eigenvalue weighted by Gasteiger charge is 2.28. The van der Waals surface area contributed by atoms with E-state index in [0.717, 1.165) is 37.1 Å². The number of nitrogens with zero attached hydrogens (tertiary/aromatic N) is 3. The van der Waals surface area contributed by atoms with E-state index in [1.807, 2.05) is 20.8 Å². The number of likely N-dealkylation sites (tertiary alicyclic amines) is 1. The predicted octanol–water partition coefficient (Wildman–Crippen LogP) is 4.13. The maximum Gasteiger partial charge on any atom is 0.350 e. The van der Waals surface area contributed by atoms with E-state index in [2.05, 4.69) is 41.3 Å². The number of thiazole rings is 1. The number of aromatic nitrogens is 1. The number of esters is 1. The summed E-state index contributed by atoms with van der Waals surface area (Å²) in [6.07, 6.45) is 3.88. The Labute approximate surface area is 202 Å². The van der Waals surface area contributed by atoms with Gasteiger partial charge in [-0.25, -0.2) is 9.78 Å². The van der Waals surface area contributed by atoms with E-state index in [4.69, 9.17) is 9.73 Å². The number of hydrogen-bond donors (Lipinski definition) is 2. The van der Waals surface area contributed by atoms with Gasteiger partial charge < -0.3 is 15.4 Å². The van der Waals surface area contributed by atoms with Gasteiger partial charge in [-0.15, -0.1) is 35.3 Å². The van der Waals surface area contributed by atoms with Gasteiger partial charge in [-0.3, -0.25) is 9.89 Å². The smallest absolute Gasteiger partial charge is 0.350 e. The SMILES string of the molecule is CCNC(=NCC(C)(C)N1CCCCC1)NC(C)c1nc(C)c(C(=O)OCC)s1.I. The highest BCUT2D eigenvalue weighted by Crippen LogP contribution is 2.25. The number of carbonyl (C=O) groups is 1. The summed E-state index contributed by atoms with van der Waals surface area (Å²) >= 11 is 1.38. The number of halogens is 1. The van der Waals surface area contributed by atoms with Crippen molar-refractivity contribution in [2.24, 2.45) is 4.99 Å². The average Bonchev–Trinajstić information content (AvgIpc) is 3.09. The summed E-state index contributed by atoms with van der Waals surface area (Å²) in [5.41, 5.74) is 0.742. The third kappa shape index (κ3) is 7.64. The van der Waals surface area contributed by atoms with Gasteiger partial charge in [0.25, 0.3) is 0 Å². The molecule has 0 spiro atoms. The van der Waals surface area contributed by atoms with E-state index in [1.165, 1.54) is 30.6 Å². The zero-order chi connectivity index (χ0) is 21.4. The fourth-order valence-electron chi connectivity index (χ4n) is 3.45. The number of ether oxygens (including phenoxy) is 1. The maximum absolute atomic E-state index is 12.1. The average molecular weight is 552 g/mol. The summed E-state index contributed by atoms with van der Waals surface area (Å²) in [5, 5.41) is 7.62. The number of hydrogen-bond acceptors (Lipinski definition) is 6. The zero-order valence-corrected chi connectivity index (χ0v) is 22.4. The molecule has 1 aliphatic heterocycles. The molecule has 0 aromatic carbocycles. The van der Waals surface area contributed by atoms with Crippen LogP contribution >= 0.6 is 35.3 Å². The number of aryl methyl sites for hydroxylation is 1. The first kappa shape index (κ1) is 27.1. The van der Waals surface area contributed by atoms with Crippen LogP contribution in [0.4, 0.5) is 0 Å². The van der Waals surface area contributed by atoms with Gasteiger partial charge in [0.1, 0.15) is 9.88 Å². The summed E-state index contributed by atoms with van der Waals surface area (Å²) in [6, 6.07) is -0.0576. The number of carbonyl (C=O) groups excluding carboxylic acids is 1. The molecule has 1 aromatic rings. The second-order valence-corrected chi connectivity index (χ2v) is 9.14. The summed E-state index contributed by atoms with van der Waals surface area (Å²) in [5.74, 6) is 0.473. The van der Waals surface area contributed by atoms with E-state index in [1.54, 1.807) is 0 Å². The summed E-state index contributed by atoms with van der Waals surface area (Å²) in [6.45, 7) is 16.5. The molecule has 0 saturated carbocycles. The van der Waals surface area contributed by atoms with Crippen LogP contribution in [0.15, 0.2) is 4.99 Å². The normalized spacial score (nSPS) is 16.5. The van der Waals surface area contributed by atoms with Crippen molar-refractivity contribution in [1.82, 2.24) is 20.5 Å². The monoisotopic (exact) mass is 551 g/mol. The molecule has 1 atom stereocenters. The van der Waals surface area contributed by atoms with E-state index < -0.39 is 0 Å². The van der Waals surface area contributed by atoms with E-state index >= 15 is 0 Å². The Bertz CT molecular complexity index is 702. The summed E-state index contributed by atoms with van der Waals surface area (Å²) in [4.78, 5) is 24.6. The van der Waals surface area contributed by atoms with Crippen molar-refractivity contribution < 1.29 is 9.53 Å². The Balaban J connectivity index is 0.00000450. The van der Waals surface area contributed by atoms with Crippen LogP contribution < -0.4 is 10.6 Å². The van der Waals surface area contributed by atoms with Crippen molar-refractivity contribution in [1.29, 1.82) is 0 Å². The molecule has 1 saturated heterocycles. The number of nitrogens with one attached hydrogen (secondary N) is 2. The molecule has 0 aliphatic carbocycles. The molecule has 2 N–H and O–H groups in total. The van der Waals surface area contributed by atoms with Crippen LogP contribution in [-0.4, -0.2) is 60.1 Å². The van der Waals surface area contributed by atoms with Crippen molar-refractivity contribution in [3.8, 4) is 0 Å². The molecule has 30 heavy (non-hydrogen) atoms. The van der Waals surface area contributed by atoms with Crippen molar-refractivity contribution in [3.05, 3.63) is 15.6 Å². The molecule has 1 fully saturated rings. The van der Waals surface area contributed by atoms with Gasteiger partial charge in [0.15, 0.2) is 5.96 Å². The van der Waals surface area contributed by atoms with Gasteiger partial charge >= 0.3 is 5.97 Å². The molecule has 0 radical (unpaired) electrons. The van der Waals surface area contributed by atoms with Gasteiger partial charge in [-0.1, -0.05) is 6.42 Å². The molecule has 1 aliphatic rings. The molecular formula is C21H38IN5O2S. The molecule has 1 aromatic heterocycles. The van der Waals surface area contributed by atoms with Crippen molar-refractivity contribution in [2.45, 2.75) is 72.4 Å². The van der Waals surface area contributed by atoms with Gasteiger partial charge in [-0.05, 0) is 67.5 Å². The predicted molar refractivity (Wildman–Crippen MR) is 135 cm³/mol. The van der Waals surface area contributed by atoms with Crippen molar-refractivity contribution >= 4 is 47.2 Å². The Hall–Kier alpha value is -0.940. The molecule has 1 unspecified atom stereocenters. The lowest BCUT2D eigenvalue weighted by molar-refractivity contribution is 0.0531. The summed E-state index contributed by atoms with van der Waals surface area (Å²) < 4.78 is 5.13. The second-order valence-electron chi connectivity index (χ2n) is 8.11. The number of guanidine groups is 1. The largest absolute Gasteiger partial charge is 0.462 e. The Morgan fingerprint density at radius 1 is 1.30 bits per heavy atom. The molecule has 2 heterocycles. The minimum absolute atomic E-state index is 0. The van der Waals surface area contributed by atoms with Gasteiger partial charge in [-0.2, -0.15) is 0 Å². The van der Waals surface area contributed by atoms with Gasteiger partial charge in [0.2, 0.25) is 0 Å². The minimum atomic E-state index is -0.301. The van der Waals surface area contributed by atoms with Crippen molar-refractivity contribution in [2.75, 3.05) is 32.8 Å². The first-order valence-corrected chi connectivity index (χ1v) is 11.5. The zero-order valence-electron chi connectivity index (χ0n) is 19.2. The lowest BCUT2D eigenvalue weighted by Gasteiger charge is -2.40. The molecule has 172 valence electrons. The number of rotatable bonds is 8. The van der Waals surface area contributed by atoms with Crippen LogP contribution in [0.1, 0.15) is 80.3 Å². The van der Waals surface area contributed by atoms with Crippen LogP contribution in [0.2, 0.25) is 0 Å².